The lowest BCUT2D eigenvalue weighted by atomic mass is 10.0. The summed E-state index contributed by atoms with van der Waals surface area (Å²) >= 11 is 0. The average Bonchev–Trinajstić information content (AvgIpc) is 3.23. The zero-order valence-corrected chi connectivity index (χ0v) is 17.9. The van der Waals surface area contributed by atoms with E-state index in [4.69, 9.17) is 21.2 Å². The summed E-state index contributed by atoms with van der Waals surface area (Å²) in [7, 11) is 1.56. The highest BCUT2D eigenvalue weighted by Gasteiger charge is 2.17. The summed E-state index contributed by atoms with van der Waals surface area (Å²) in [6.07, 6.45) is 6.95. The van der Waals surface area contributed by atoms with E-state index in [1.807, 2.05) is 48.7 Å². The van der Waals surface area contributed by atoms with Gasteiger partial charge in [0.05, 0.1) is 47.6 Å². The van der Waals surface area contributed by atoms with E-state index in [9.17, 15) is 0 Å². The molecule has 0 aliphatic heterocycles. The van der Waals surface area contributed by atoms with Crippen molar-refractivity contribution in [3.05, 3.63) is 60.9 Å². The van der Waals surface area contributed by atoms with Gasteiger partial charge in [-0.2, -0.15) is 0 Å². The monoisotopic (exact) mass is 426 g/mol. The van der Waals surface area contributed by atoms with Crippen molar-refractivity contribution in [1.29, 1.82) is 0 Å². The van der Waals surface area contributed by atoms with Gasteiger partial charge in [-0.1, -0.05) is 0 Å². The van der Waals surface area contributed by atoms with E-state index >= 15 is 0 Å². The van der Waals surface area contributed by atoms with Crippen LogP contribution in [-0.2, 0) is 5.54 Å². The predicted molar refractivity (Wildman–Crippen MR) is 123 cm³/mol. The number of aromatic nitrogens is 6. The summed E-state index contributed by atoms with van der Waals surface area (Å²) in [4.78, 5) is 22.7. The standard InChI is InChI=1S/C23H22N8O/c1-23(2,25)19-7-4-14(10-27-19)31-12-29-17-11-26-16-6-5-15(30-20(16)21(17)31)13-8-18(32-3)22(24)28-9-13/h4-12H,25H2,1-3H3,(H2,24,28). The Labute approximate surface area is 184 Å². The maximum Gasteiger partial charge on any atom is 0.166 e. The number of rotatable bonds is 4. The van der Waals surface area contributed by atoms with Gasteiger partial charge in [-0.25, -0.2) is 15.0 Å². The van der Waals surface area contributed by atoms with Gasteiger partial charge < -0.3 is 16.2 Å². The molecule has 0 atom stereocenters. The molecule has 0 spiro atoms. The van der Waals surface area contributed by atoms with Crippen molar-refractivity contribution < 1.29 is 4.74 Å². The van der Waals surface area contributed by atoms with E-state index in [0.29, 0.717) is 11.6 Å². The molecule has 0 bridgehead atoms. The summed E-state index contributed by atoms with van der Waals surface area (Å²) in [5.74, 6) is 0.829. The van der Waals surface area contributed by atoms with Crippen molar-refractivity contribution in [1.82, 2.24) is 29.5 Å². The van der Waals surface area contributed by atoms with Crippen molar-refractivity contribution >= 4 is 27.9 Å². The second kappa shape index (κ2) is 7.24. The van der Waals surface area contributed by atoms with E-state index in [-0.39, 0.29) is 0 Å². The van der Waals surface area contributed by atoms with E-state index in [1.54, 1.807) is 32.0 Å². The van der Waals surface area contributed by atoms with Gasteiger partial charge in [-0.15, -0.1) is 0 Å². The summed E-state index contributed by atoms with van der Waals surface area (Å²) in [6.45, 7) is 3.85. The molecule has 32 heavy (non-hydrogen) atoms. The summed E-state index contributed by atoms with van der Waals surface area (Å²) < 4.78 is 7.26. The van der Waals surface area contributed by atoms with Crippen LogP contribution in [0.3, 0.4) is 0 Å². The molecule has 0 aliphatic carbocycles. The van der Waals surface area contributed by atoms with E-state index in [1.165, 1.54) is 0 Å². The molecule has 5 aromatic rings. The number of anilines is 1. The molecule has 5 aromatic heterocycles. The van der Waals surface area contributed by atoms with Crippen LogP contribution in [0.2, 0.25) is 0 Å². The van der Waals surface area contributed by atoms with Gasteiger partial charge in [0.2, 0.25) is 0 Å². The lowest BCUT2D eigenvalue weighted by Crippen LogP contribution is -2.29. The summed E-state index contributed by atoms with van der Waals surface area (Å²) in [5.41, 5.74) is 17.7. The fraction of sp³-hybridized carbons (Fsp3) is 0.174. The Morgan fingerprint density at radius 3 is 2.50 bits per heavy atom. The molecule has 0 saturated heterocycles. The zero-order valence-electron chi connectivity index (χ0n) is 17.9. The van der Waals surface area contributed by atoms with Gasteiger partial charge in [-0.3, -0.25) is 14.5 Å². The highest BCUT2D eigenvalue weighted by molar-refractivity contribution is 6.01. The van der Waals surface area contributed by atoms with Crippen LogP contribution in [0.15, 0.2) is 55.2 Å². The Kier molecular flexibility index (Phi) is 4.49. The number of nitrogens with two attached hydrogens (primary N) is 2. The highest BCUT2D eigenvalue weighted by atomic mass is 16.5. The summed E-state index contributed by atoms with van der Waals surface area (Å²) in [5, 5.41) is 0. The van der Waals surface area contributed by atoms with Gasteiger partial charge in [-0.05, 0) is 44.2 Å². The number of hydrogen-bond acceptors (Lipinski definition) is 8. The quantitative estimate of drug-likeness (QED) is 0.448. The first-order valence-corrected chi connectivity index (χ1v) is 10.0. The van der Waals surface area contributed by atoms with E-state index < -0.39 is 5.54 Å². The highest BCUT2D eigenvalue weighted by Crippen LogP contribution is 2.30. The van der Waals surface area contributed by atoms with E-state index in [0.717, 1.165) is 44.7 Å². The van der Waals surface area contributed by atoms with Gasteiger partial charge >= 0.3 is 0 Å². The van der Waals surface area contributed by atoms with Gasteiger partial charge in [0.15, 0.2) is 11.6 Å². The number of methoxy groups -OCH3 is 1. The Balaban J connectivity index is 1.69. The second-order valence-electron chi connectivity index (χ2n) is 8.11. The SMILES string of the molecule is COc1cc(-c2ccc3ncc4ncn(-c5ccc(C(C)(C)N)nc5)c4c3n2)cnc1N. The fourth-order valence-electron chi connectivity index (χ4n) is 3.58. The van der Waals surface area contributed by atoms with Crippen LogP contribution >= 0.6 is 0 Å². The van der Waals surface area contributed by atoms with Crippen LogP contribution in [0.5, 0.6) is 5.75 Å². The molecule has 0 amide bonds. The average molecular weight is 426 g/mol. The van der Waals surface area contributed by atoms with Crippen molar-refractivity contribution in [3.8, 4) is 22.7 Å². The first kappa shape index (κ1) is 19.8. The third-order valence-corrected chi connectivity index (χ3v) is 5.30. The third kappa shape index (κ3) is 3.28. The van der Waals surface area contributed by atoms with Crippen LogP contribution in [0.25, 0.3) is 39.0 Å². The molecular weight excluding hydrogens is 404 g/mol. The van der Waals surface area contributed by atoms with E-state index in [2.05, 4.69) is 19.9 Å². The first-order chi connectivity index (χ1) is 15.3. The number of pyridine rings is 4. The van der Waals surface area contributed by atoms with Crippen LogP contribution < -0.4 is 16.2 Å². The molecule has 0 aromatic carbocycles. The Morgan fingerprint density at radius 2 is 1.78 bits per heavy atom. The number of hydrogen-bond donors (Lipinski definition) is 2. The van der Waals surface area contributed by atoms with Crippen molar-refractivity contribution in [3.63, 3.8) is 0 Å². The Bertz CT molecular complexity index is 1450. The molecule has 0 aliphatic rings. The smallest absolute Gasteiger partial charge is 0.166 e. The molecule has 9 nitrogen and oxygen atoms in total. The van der Waals surface area contributed by atoms with Crippen LogP contribution in [0, 0.1) is 0 Å². The van der Waals surface area contributed by atoms with Crippen molar-refractivity contribution in [2.75, 3.05) is 12.8 Å². The number of ether oxygens (including phenoxy) is 1. The predicted octanol–water partition coefficient (Wildman–Crippen LogP) is 3.21. The second-order valence-corrected chi connectivity index (χ2v) is 8.11. The van der Waals surface area contributed by atoms with Crippen LogP contribution in [0.1, 0.15) is 19.5 Å². The summed E-state index contributed by atoms with van der Waals surface area (Å²) in [6, 6.07) is 9.54. The van der Waals surface area contributed by atoms with Gasteiger partial charge in [0, 0.05) is 11.8 Å². The number of nitrogen functional groups attached to an aromatic ring is 1. The van der Waals surface area contributed by atoms with Gasteiger partial charge in [0.25, 0.3) is 0 Å². The lowest BCUT2D eigenvalue weighted by molar-refractivity contribution is 0.415. The van der Waals surface area contributed by atoms with Crippen molar-refractivity contribution in [2.24, 2.45) is 5.73 Å². The molecular formula is C23H22N8O. The number of nitrogens with zero attached hydrogens (tertiary/aromatic N) is 6. The van der Waals surface area contributed by atoms with Gasteiger partial charge in [0.1, 0.15) is 22.9 Å². The molecule has 0 fully saturated rings. The fourth-order valence-corrected chi connectivity index (χ4v) is 3.58. The lowest BCUT2D eigenvalue weighted by Gasteiger charge is -2.18. The van der Waals surface area contributed by atoms with Crippen LogP contribution in [0.4, 0.5) is 5.82 Å². The minimum absolute atomic E-state index is 0.329. The minimum atomic E-state index is -0.517. The topological polar surface area (TPSA) is 131 Å². The largest absolute Gasteiger partial charge is 0.493 e. The number of fused-ring (bicyclic) bond motifs is 3. The zero-order chi connectivity index (χ0) is 22.5. The number of imidazole rings is 1. The first-order valence-electron chi connectivity index (χ1n) is 10.0. The molecule has 0 radical (unpaired) electrons. The Hall–Kier alpha value is -4.11. The molecule has 0 saturated carbocycles. The molecule has 160 valence electrons. The molecule has 5 rings (SSSR count). The molecule has 9 heteroatoms. The third-order valence-electron chi connectivity index (χ3n) is 5.30. The molecule has 5 heterocycles. The maximum absolute atomic E-state index is 6.17. The Morgan fingerprint density at radius 1 is 0.938 bits per heavy atom. The molecule has 0 unspecified atom stereocenters. The normalized spacial score (nSPS) is 11.9. The maximum atomic E-state index is 6.17. The van der Waals surface area contributed by atoms with Crippen LogP contribution in [-0.4, -0.2) is 36.6 Å². The minimum Gasteiger partial charge on any atom is -0.493 e. The molecule has 4 N–H and O–H groups in total. The van der Waals surface area contributed by atoms with Crippen molar-refractivity contribution in [2.45, 2.75) is 19.4 Å².